The number of pyridine rings is 2. The Morgan fingerprint density at radius 2 is 1.78 bits per heavy atom. The van der Waals surface area contributed by atoms with Crippen LogP contribution >= 0.6 is 12.2 Å². The molecule has 1 N–H and O–H groups in total. The molecule has 0 aromatic carbocycles. The summed E-state index contributed by atoms with van der Waals surface area (Å²) in [5, 5.41) is 4.33. The molecule has 0 unspecified atom stereocenters. The van der Waals surface area contributed by atoms with E-state index in [0.717, 1.165) is 68.1 Å². The normalized spacial score (nSPS) is 21.6. The fourth-order valence-electron chi connectivity index (χ4n) is 4.60. The predicted octanol–water partition coefficient (Wildman–Crippen LogP) is 2.96. The van der Waals surface area contributed by atoms with Crippen molar-refractivity contribution >= 4 is 17.3 Å². The van der Waals surface area contributed by atoms with Crippen LogP contribution < -0.4 is 5.32 Å². The fraction of sp³-hybridized carbons (Fsp3) is 0.375. The molecule has 2 aliphatic rings. The first-order chi connectivity index (χ1) is 15.8. The van der Waals surface area contributed by atoms with Gasteiger partial charge in [-0.2, -0.15) is 0 Å². The van der Waals surface area contributed by atoms with Crippen molar-refractivity contribution in [2.75, 3.05) is 39.4 Å². The molecule has 5 heterocycles. The van der Waals surface area contributed by atoms with Gasteiger partial charge in [0.25, 0.3) is 0 Å². The van der Waals surface area contributed by atoms with E-state index in [1.807, 2.05) is 42.7 Å². The number of thiocarbonyl (C=S) groups is 1. The van der Waals surface area contributed by atoms with Crippen LogP contribution in [0.3, 0.4) is 0 Å². The summed E-state index contributed by atoms with van der Waals surface area (Å²) < 4.78 is 7.64. The number of rotatable bonds is 7. The number of morpholine rings is 1. The molecule has 0 bridgehead atoms. The number of ether oxygens (including phenoxy) is 1. The molecule has 3 aromatic heterocycles. The van der Waals surface area contributed by atoms with Crippen LogP contribution in [0.4, 0.5) is 0 Å². The van der Waals surface area contributed by atoms with Gasteiger partial charge in [0, 0.05) is 50.5 Å². The highest BCUT2D eigenvalue weighted by molar-refractivity contribution is 7.80. The Bertz CT molecular complexity index is 1020. The quantitative estimate of drug-likeness (QED) is 0.558. The molecule has 32 heavy (non-hydrogen) atoms. The van der Waals surface area contributed by atoms with Crippen molar-refractivity contribution in [1.82, 2.24) is 29.7 Å². The van der Waals surface area contributed by atoms with Gasteiger partial charge in [-0.15, -0.1) is 0 Å². The van der Waals surface area contributed by atoms with Crippen LogP contribution in [0.5, 0.6) is 0 Å². The molecule has 166 valence electrons. The minimum absolute atomic E-state index is 0.0237. The molecule has 0 saturated carbocycles. The third-order valence-corrected chi connectivity index (χ3v) is 6.51. The summed E-state index contributed by atoms with van der Waals surface area (Å²) in [5.41, 5.74) is 2.14. The largest absolute Gasteiger partial charge is 0.379 e. The monoisotopic (exact) mass is 448 g/mol. The van der Waals surface area contributed by atoms with Crippen LogP contribution in [-0.2, 0) is 4.74 Å². The first-order valence-electron chi connectivity index (χ1n) is 11.2. The van der Waals surface area contributed by atoms with Gasteiger partial charge >= 0.3 is 0 Å². The average molecular weight is 449 g/mol. The number of hydrogen-bond acceptors (Lipinski definition) is 5. The number of aromatic nitrogens is 3. The summed E-state index contributed by atoms with van der Waals surface area (Å²) in [4.78, 5) is 14.0. The van der Waals surface area contributed by atoms with Crippen LogP contribution in [0.25, 0.3) is 5.82 Å². The van der Waals surface area contributed by atoms with E-state index in [1.54, 1.807) is 0 Å². The second-order valence-corrected chi connectivity index (χ2v) is 8.51. The van der Waals surface area contributed by atoms with E-state index >= 15 is 0 Å². The van der Waals surface area contributed by atoms with Crippen molar-refractivity contribution in [1.29, 1.82) is 0 Å². The molecule has 2 aliphatic heterocycles. The minimum atomic E-state index is -0.0237. The SMILES string of the molecule is S=C1N[C@@H](c2ccccn2)[C@@H](c2cccn2-c2ccccn2)N1CCCN1CCOCC1. The molecule has 7 nitrogen and oxygen atoms in total. The summed E-state index contributed by atoms with van der Waals surface area (Å²) in [6.07, 6.45) is 6.78. The lowest BCUT2D eigenvalue weighted by atomic mass is 10.0. The zero-order chi connectivity index (χ0) is 21.8. The summed E-state index contributed by atoms with van der Waals surface area (Å²) in [5.74, 6) is 0.901. The third-order valence-electron chi connectivity index (χ3n) is 6.15. The van der Waals surface area contributed by atoms with Crippen LogP contribution in [0.2, 0.25) is 0 Å². The van der Waals surface area contributed by atoms with E-state index in [2.05, 4.69) is 54.0 Å². The van der Waals surface area contributed by atoms with E-state index in [1.165, 1.54) is 0 Å². The second kappa shape index (κ2) is 9.77. The summed E-state index contributed by atoms with van der Waals surface area (Å²) in [7, 11) is 0. The van der Waals surface area contributed by atoms with Gasteiger partial charge < -0.3 is 19.5 Å². The van der Waals surface area contributed by atoms with Gasteiger partial charge in [0.2, 0.25) is 0 Å². The van der Waals surface area contributed by atoms with E-state index in [4.69, 9.17) is 17.0 Å². The second-order valence-electron chi connectivity index (χ2n) is 8.12. The van der Waals surface area contributed by atoms with Crippen molar-refractivity contribution in [3.63, 3.8) is 0 Å². The van der Waals surface area contributed by atoms with Gasteiger partial charge in [-0.3, -0.25) is 9.88 Å². The van der Waals surface area contributed by atoms with Crippen LogP contribution in [0, 0.1) is 0 Å². The molecule has 0 amide bonds. The molecule has 3 aromatic rings. The van der Waals surface area contributed by atoms with Crippen molar-refractivity contribution < 1.29 is 4.74 Å². The molecular weight excluding hydrogens is 420 g/mol. The Labute approximate surface area is 194 Å². The molecule has 2 fully saturated rings. The molecule has 2 saturated heterocycles. The Morgan fingerprint density at radius 1 is 0.969 bits per heavy atom. The fourth-order valence-corrected chi connectivity index (χ4v) is 4.93. The molecule has 0 spiro atoms. The van der Waals surface area contributed by atoms with Gasteiger partial charge in [-0.25, -0.2) is 4.98 Å². The number of nitrogens with one attached hydrogen (secondary N) is 1. The minimum Gasteiger partial charge on any atom is -0.379 e. The van der Waals surface area contributed by atoms with Crippen molar-refractivity contribution in [3.05, 3.63) is 78.5 Å². The number of hydrogen-bond donors (Lipinski definition) is 1. The highest BCUT2D eigenvalue weighted by atomic mass is 32.1. The average Bonchev–Trinajstić information content (AvgIpc) is 3.45. The lowest BCUT2D eigenvalue weighted by Crippen LogP contribution is -2.39. The Balaban J connectivity index is 1.43. The van der Waals surface area contributed by atoms with Gasteiger partial charge in [0.1, 0.15) is 5.82 Å². The van der Waals surface area contributed by atoms with Crippen LogP contribution in [-0.4, -0.2) is 68.8 Å². The number of nitrogens with zero attached hydrogens (tertiary/aromatic N) is 5. The van der Waals surface area contributed by atoms with E-state index in [-0.39, 0.29) is 12.1 Å². The topological polar surface area (TPSA) is 58.5 Å². The maximum absolute atomic E-state index is 5.83. The maximum Gasteiger partial charge on any atom is 0.170 e. The standard InChI is InChI=1S/C24H28N6OS/c32-24-27-22(19-7-1-3-10-25-19)23(30(24)14-6-12-28-15-17-31-18-16-28)20-8-5-13-29(20)21-9-2-4-11-26-21/h1-5,7-11,13,22-23H,6,12,14-18H2,(H,27,32)/t22-,23+/m0/s1. The molecule has 5 rings (SSSR count). The van der Waals surface area contributed by atoms with Gasteiger partial charge in [0.05, 0.1) is 31.0 Å². The van der Waals surface area contributed by atoms with E-state index < -0.39 is 0 Å². The molecular formula is C24H28N6OS. The predicted molar refractivity (Wildman–Crippen MR) is 128 cm³/mol. The van der Waals surface area contributed by atoms with Crippen molar-refractivity contribution in [3.8, 4) is 5.82 Å². The summed E-state index contributed by atoms with van der Waals surface area (Å²) in [6, 6.07) is 16.3. The smallest absolute Gasteiger partial charge is 0.170 e. The Hall–Kier alpha value is -2.81. The van der Waals surface area contributed by atoms with Gasteiger partial charge in [-0.05, 0) is 55.0 Å². The highest BCUT2D eigenvalue weighted by Gasteiger charge is 2.41. The van der Waals surface area contributed by atoms with Crippen molar-refractivity contribution in [2.45, 2.75) is 18.5 Å². The first kappa shape index (κ1) is 21.1. The molecule has 2 atom stereocenters. The van der Waals surface area contributed by atoms with Crippen molar-refractivity contribution in [2.24, 2.45) is 0 Å². The summed E-state index contributed by atoms with van der Waals surface area (Å²) >= 11 is 5.83. The highest BCUT2D eigenvalue weighted by Crippen LogP contribution is 2.39. The van der Waals surface area contributed by atoms with Crippen LogP contribution in [0.1, 0.15) is 29.9 Å². The van der Waals surface area contributed by atoms with Gasteiger partial charge in [0.15, 0.2) is 5.11 Å². The molecule has 8 heteroatoms. The molecule has 0 aliphatic carbocycles. The third kappa shape index (κ3) is 4.39. The van der Waals surface area contributed by atoms with E-state index in [9.17, 15) is 0 Å². The van der Waals surface area contributed by atoms with E-state index in [0.29, 0.717) is 0 Å². The maximum atomic E-state index is 5.83. The zero-order valence-electron chi connectivity index (χ0n) is 18.0. The zero-order valence-corrected chi connectivity index (χ0v) is 18.8. The van der Waals surface area contributed by atoms with Crippen LogP contribution in [0.15, 0.2) is 67.1 Å². The lowest BCUT2D eigenvalue weighted by molar-refractivity contribution is 0.0365. The molecule has 0 radical (unpaired) electrons. The Kier molecular flexibility index (Phi) is 6.43. The Morgan fingerprint density at radius 3 is 2.53 bits per heavy atom. The van der Waals surface area contributed by atoms with Gasteiger partial charge in [-0.1, -0.05) is 12.1 Å². The summed E-state index contributed by atoms with van der Waals surface area (Å²) in [6.45, 7) is 5.59. The first-order valence-corrected chi connectivity index (χ1v) is 11.6. The lowest BCUT2D eigenvalue weighted by Gasteiger charge is -2.30.